The summed E-state index contributed by atoms with van der Waals surface area (Å²) in [6, 6.07) is 0. The minimum Gasteiger partial charge on any atom is -0.465 e. The Morgan fingerprint density at radius 2 is 1.90 bits per heavy atom. The van der Waals surface area contributed by atoms with Crippen LogP contribution in [-0.4, -0.2) is 77.1 Å². The molecule has 0 aromatic carbocycles. The highest BCUT2D eigenvalue weighted by molar-refractivity contribution is 6.18. The molecular weight excluding hydrogens is 544 g/mol. The van der Waals surface area contributed by atoms with Crippen LogP contribution in [0, 0.1) is 22.7 Å². The molecule has 1 heterocycles. The maximum absolute atomic E-state index is 13.1. The number of carbonyl (C=O) groups excluding carboxylic acids is 4. The van der Waals surface area contributed by atoms with Gasteiger partial charge in [-0.15, -0.1) is 11.6 Å². The second kappa shape index (κ2) is 12.2. The molecule has 0 aromatic heterocycles. The van der Waals surface area contributed by atoms with Gasteiger partial charge in [0.1, 0.15) is 25.4 Å². The standard InChI is InChI=1S/C29H41ClO10/c1-7-16(2)26(35)40-22-8-9-28(36,14-30)29(15-38-18(4)31)23(39-19(5)32)10-17(3)27(6,25(22)29)12-21(33)20-11-24(34)37-13-20/h7,11,17,21-23,25,33,36H,8-10,12-15H2,1-6H3/b16-7+/t17-,21-,22?,23+,25-,27+,28?,29-/m1/s1. The second-order valence-electron chi connectivity index (χ2n) is 11.7. The van der Waals surface area contributed by atoms with Crippen molar-refractivity contribution in [3.05, 3.63) is 23.3 Å². The molecule has 3 aliphatic rings. The lowest BCUT2D eigenvalue weighted by atomic mass is 9.41. The monoisotopic (exact) mass is 584 g/mol. The van der Waals surface area contributed by atoms with E-state index in [1.54, 1.807) is 19.9 Å². The minimum absolute atomic E-state index is 0.0473. The second-order valence-corrected chi connectivity index (χ2v) is 12.0. The molecule has 0 saturated heterocycles. The van der Waals surface area contributed by atoms with E-state index in [4.69, 9.17) is 30.5 Å². The third kappa shape index (κ3) is 5.81. The molecule has 0 aromatic rings. The van der Waals surface area contributed by atoms with Gasteiger partial charge >= 0.3 is 23.9 Å². The van der Waals surface area contributed by atoms with E-state index in [0.29, 0.717) is 11.1 Å². The fraction of sp³-hybridized carbons (Fsp3) is 0.724. The smallest absolute Gasteiger partial charge is 0.333 e. The maximum atomic E-state index is 13.1. The van der Waals surface area contributed by atoms with Crippen molar-refractivity contribution in [3.8, 4) is 0 Å². The SMILES string of the molecule is C/C=C(\C)C(=O)OC1CCC(O)(CCl)[C@]2(COC(C)=O)[C@@H](OC(C)=O)C[C@@H](C)[C@](C)(C[C@@H](O)C3=CC(=O)OC3)[C@@H]12. The number of halogens is 1. The fourth-order valence-corrected chi connectivity index (χ4v) is 7.42. The highest BCUT2D eigenvalue weighted by Gasteiger charge is 2.73. The average Bonchev–Trinajstić information content (AvgIpc) is 3.33. The van der Waals surface area contributed by atoms with E-state index in [2.05, 4.69) is 0 Å². The molecule has 0 spiro atoms. The van der Waals surface area contributed by atoms with E-state index in [-0.39, 0.29) is 50.7 Å². The Bertz CT molecular complexity index is 1080. The number of fused-ring (bicyclic) bond motifs is 1. The molecule has 2 N–H and O–H groups in total. The van der Waals surface area contributed by atoms with Gasteiger partial charge in [-0.1, -0.05) is 19.9 Å². The lowest BCUT2D eigenvalue weighted by Crippen LogP contribution is -2.74. The van der Waals surface area contributed by atoms with E-state index >= 15 is 0 Å². The minimum atomic E-state index is -1.69. The predicted molar refractivity (Wildman–Crippen MR) is 144 cm³/mol. The summed E-state index contributed by atoms with van der Waals surface area (Å²) >= 11 is 6.47. The molecule has 0 bridgehead atoms. The first-order chi connectivity index (χ1) is 18.6. The normalized spacial score (nSPS) is 36.6. The van der Waals surface area contributed by atoms with E-state index in [1.807, 2.05) is 13.8 Å². The van der Waals surface area contributed by atoms with Crippen LogP contribution in [0.15, 0.2) is 23.3 Å². The Kier molecular flexibility index (Phi) is 9.79. The molecular formula is C29H41ClO10. The third-order valence-electron chi connectivity index (χ3n) is 9.42. The summed E-state index contributed by atoms with van der Waals surface area (Å²) in [5.41, 5.74) is -3.27. The molecule has 8 atom stereocenters. The Labute approximate surface area is 240 Å². The summed E-state index contributed by atoms with van der Waals surface area (Å²) in [4.78, 5) is 49.3. The van der Waals surface area contributed by atoms with E-state index in [9.17, 15) is 29.4 Å². The summed E-state index contributed by atoms with van der Waals surface area (Å²) in [5.74, 6) is -3.59. The van der Waals surface area contributed by atoms with Crippen LogP contribution in [-0.2, 0) is 38.1 Å². The number of aliphatic hydroxyl groups excluding tert-OH is 1. The molecule has 3 rings (SSSR count). The molecule has 11 heteroatoms. The van der Waals surface area contributed by atoms with Gasteiger partial charge in [0, 0.05) is 37.0 Å². The van der Waals surface area contributed by atoms with E-state index in [1.165, 1.54) is 19.9 Å². The van der Waals surface area contributed by atoms with Gasteiger partial charge in [-0.05, 0) is 50.9 Å². The van der Waals surface area contributed by atoms with E-state index < -0.39 is 64.5 Å². The number of aliphatic hydroxyl groups is 2. The van der Waals surface area contributed by atoms with Crippen molar-refractivity contribution in [3.63, 3.8) is 0 Å². The molecule has 2 aliphatic carbocycles. The van der Waals surface area contributed by atoms with Crippen LogP contribution in [0.5, 0.6) is 0 Å². The zero-order chi connectivity index (χ0) is 30.0. The number of hydrogen-bond acceptors (Lipinski definition) is 10. The van der Waals surface area contributed by atoms with Crippen molar-refractivity contribution in [2.75, 3.05) is 19.1 Å². The van der Waals surface area contributed by atoms with Gasteiger partial charge in [0.05, 0.1) is 23.0 Å². The van der Waals surface area contributed by atoms with Crippen molar-refractivity contribution in [2.24, 2.45) is 22.7 Å². The van der Waals surface area contributed by atoms with Crippen molar-refractivity contribution >= 4 is 35.5 Å². The van der Waals surface area contributed by atoms with Gasteiger partial charge in [-0.25, -0.2) is 9.59 Å². The zero-order valence-electron chi connectivity index (χ0n) is 24.0. The summed E-state index contributed by atoms with van der Waals surface area (Å²) in [7, 11) is 0. The number of cyclic esters (lactones) is 1. The quantitative estimate of drug-likeness (QED) is 0.179. The molecule has 0 radical (unpaired) electrons. The van der Waals surface area contributed by atoms with Gasteiger partial charge < -0.3 is 29.2 Å². The molecule has 224 valence electrons. The fourth-order valence-electron chi connectivity index (χ4n) is 7.04. The highest BCUT2D eigenvalue weighted by Crippen LogP contribution is 2.66. The van der Waals surface area contributed by atoms with Gasteiger partial charge in [0.15, 0.2) is 0 Å². The number of carbonyl (C=O) groups is 4. The van der Waals surface area contributed by atoms with Crippen LogP contribution in [0.1, 0.15) is 67.2 Å². The molecule has 2 saturated carbocycles. The molecule has 10 nitrogen and oxygen atoms in total. The first kappa shape index (κ1) is 32.1. The van der Waals surface area contributed by atoms with Crippen LogP contribution < -0.4 is 0 Å². The Morgan fingerprint density at radius 3 is 2.42 bits per heavy atom. The summed E-state index contributed by atoms with van der Waals surface area (Å²) in [6.45, 7) is 9.29. The first-order valence-corrected chi connectivity index (χ1v) is 14.2. The largest absolute Gasteiger partial charge is 0.465 e. The van der Waals surface area contributed by atoms with E-state index in [0.717, 1.165) is 0 Å². The lowest BCUT2D eigenvalue weighted by Gasteiger charge is -2.67. The average molecular weight is 585 g/mol. The number of ether oxygens (including phenoxy) is 4. The van der Waals surface area contributed by atoms with Crippen molar-refractivity contribution in [1.82, 2.24) is 0 Å². The number of hydrogen-bond donors (Lipinski definition) is 2. The third-order valence-corrected chi connectivity index (χ3v) is 9.86. The highest BCUT2D eigenvalue weighted by atomic mass is 35.5. The van der Waals surface area contributed by atoms with Crippen molar-refractivity contribution in [2.45, 2.75) is 91.1 Å². The zero-order valence-corrected chi connectivity index (χ0v) is 24.8. The number of esters is 4. The van der Waals surface area contributed by atoms with Gasteiger partial charge in [-0.3, -0.25) is 9.59 Å². The Hall–Kier alpha value is -2.43. The Morgan fingerprint density at radius 1 is 1.23 bits per heavy atom. The summed E-state index contributed by atoms with van der Waals surface area (Å²) in [6.07, 6.45) is 0.715. The predicted octanol–water partition coefficient (Wildman–Crippen LogP) is 3.01. The van der Waals surface area contributed by atoms with Crippen LogP contribution in [0.25, 0.3) is 0 Å². The lowest BCUT2D eigenvalue weighted by molar-refractivity contribution is -0.293. The number of alkyl halides is 1. The van der Waals surface area contributed by atoms with Crippen LogP contribution in [0.3, 0.4) is 0 Å². The number of rotatable bonds is 9. The number of allylic oxidation sites excluding steroid dienone is 1. The maximum Gasteiger partial charge on any atom is 0.333 e. The van der Waals surface area contributed by atoms with Gasteiger partial charge in [0.2, 0.25) is 0 Å². The van der Waals surface area contributed by atoms with Gasteiger partial charge in [0.25, 0.3) is 0 Å². The topological polar surface area (TPSA) is 146 Å². The Balaban J connectivity index is 2.26. The molecule has 40 heavy (non-hydrogen) atoms. The van der Waals surface area contributed by atoms with Gasteiger partial charge in [-0.2, -0.15) is 0 Å². The van der Waals surface area contributed by atoms with Crippen molar-refractivity contribution in [1.29, 1.82) is 0 Å². The van der Waals surface area contributed by atoms with Crippen LogP contribution in [0.4, 0.5) is 0 Å². The molecule has 2 fully saturated rings. The van der Waals surface area contributed by atoms with Crippen molar-refractivity contribution < 1.29 is 48.3 Å². The molecule has 1 aliphatic heterocycles. The summed E-state index contributed by atoms with van der Waals surface area (Å²) in [5, 5.41) is 23.5. The van der Waals surface area contributed by atoms with Crippen LogP contribution >= 0.6 is 11.6 Å². The summed E-state index contributed by atoms with van der Waals surface area (Å²) < 4.78 is 22.5. The van der Waals surface area contributed by atoms with Crippen LogP contribution in [0.2, 0.25) is 0 Å². The first-order valence-electron chi connectivity index (χ1n) is 13.6. The molecule has 2 unspecified atom stereocenters. The molecule has 0 amide bonds.